The number of carbonyl (C=O) groups is 1. The van der Waals surface area contributed by atoms with Gasteiger partial charge in [-0.25, -0.2) is 18.5 Å². The van der Waals surface area contributed by atoms with Crippen LogP contribution in [-0.4, -0.2) is 74.5 Å². The SMILES string of the molecule is C[C@H](NP(=O)(OC[C@@]1(CF)O[C@@H](c2ccc3c(N)ncnn23)[C@H](O)[C@@H]1O)Oc1ccccc1)C(=O)OCCC(C)(C)C. The Morgan fingerprint density at radius 1 is 1.26 bits per heavy atom. The largest absolute Gasteiger partial charge is 0.465 e. The first kappa shape index (κ1) is 31.8. The van der Waals surface area contributed by atoms with E-state index in [-0.39, 0.29) is 29.3 Å². The number of nitrogens with one attached hydrogen (secondary N) is 1. The first-order valence-corrected chi connectivity index (χ1v) is 14.9. The Morgan fingerprint density at radius 3 is 2.64 bits per heavy atom. The van der Waals surface area contributed by atoms with E-state index in [0.29, 0.717) is 11.9 Å². The van der Waals surface area contributed by atoms with E-state index in [1.54, 1.807) is 30.3 Å². The number of nitrogens with zero attached hydrogens (tertiary/aromatic N) is 3. The van der Waals surface area contributed by atoms with E-state index < -0.39 is 57.0 Å². The summed E-state index contributed by atoms with van der Waals surface area (Å²) in [5.74, 6) is -0.395. The van der Waals surface area contributed by atoms with Gasteiger partial charge in [-0.1, -0.05) is 39.0 Å². The predicted molar refractivity (Wildman–Crippen MR) is 150 cm³/mol. The van der Waals surface area contributed by atoms with Crippen LogP contribution in [0.15, 0.2) is 48.8 Å². The van der Waals surface area contributed by atoms with Crippen LogP contribution in [0.4, 0.5) is 10.2 Å². The summed E-state index contributed by atoms with van der Waals surface area (Å²) in [5.41, 5.74) is 4.36. The van der Waals surface area contributed by atoms with Gasteiger partial charge in [0.1, 0.15) is 54.2 Å². The summed E-state index contributed by atoms with van der Waals surface area (Å²) >= 11 is 0. The number of fused-ring (bicyclic) bond motifs is 1. The van der Waals surface area contributed by atoms with Crippen LogP contribution in [0, 0.1) is 5.41 Å². The van der Waals surface area contributed by atoms with Gasteiger partial charge in [-0.2, -0.15) is 10.2 Å². The second-order valence-corrected chi connectivity index (χ2v) is 13.1. The first-order valence-electron chi connectivity index (χ1n) is 13.4. The molecule has 4 rings (SSSR count). The maximum absolute atomic E-state index is 14.6. The minimum absolute atomic E-state index is 0.0658. The number of para-hydroxylation sites is 1. The minimum Gasteiger partial charge on any atom is -0.465 e. The summed E-state index contributed by atoms with van der Waals surface area (Å²) < 4.78 is 52.4. The number of esters is 1. The number of ether oxygens (including phenoxy) is 2. The van der Waals surface area contributed by atoms with E-state index in [9.17, 15) is 24.0 Å². The van der Waals surface area contributed by atoms with Gasteiger partial charge in [-0.05, 0) is 43.0 Å². The maximum Gasteiger partial charge on any atom is 0.459 e. The third kappa shape index (κ3) is 7.08. The number of hydrogen-bond donors (Lipinski definition) is 4. The predicted octanol–water partition coefficient (Wildman–Crippen LogP) is 2.97. The number of alkyl halides is 1. The van der Waals surface area contributed by atoms with Crippen LogP contribution < -0.4 is 15.3 Å². The van der Waals surface area contributed by atoms with Crippen molar-refractivity contribution in [2.24, 2.45) is 5.41 Å². The lowest BCUT2D eigenvalue weighted by Crippen LogP contribution is -2.49. The molecule has 1 aliphatic heterocycles. The summed E-state index contributed by atoms with van der Waals surface area (Å²) in [4.78, 5) is 16.6. The number of hydrogen-bond acceptors (Lipinski definition) is 11. The highest BCUT2D eigenvalue weighted by Crippen LogP contribution is 2.48. The fraction of sp³-hybridized carbons (Fsp3) is 0.519. The summed E-state index contributed by atoms with van der Waals surface area (Å²) in [6, 6.07) is 10.0. The molecular formula is C27H37FN5O8P. The van der Waals surface area contributed by atoms with Crippen LogP contribution in [0.2, 0.25) is 0 Å². The Bertz CT molecular complexity index is 1420. The van der Waals surface area contributed by atoms with Gasteiger partial charge in [-0.3, -0.25) is 9.32 Å². The molecule has 230 valence electrons. The van der Waals surface area contributed by atoms with Crippen molar-refractivity contribution >= 4 is 25.1 Å². The average molecular weight is 610 g/mol. The zero-order valence-electron chi connectivity index (χ0n) is 23.8. The Morgan fingerprint density at radius 2 is 1.98 bits per heavy atom. The second kappa shape index (κ2) is 12.6. The minimum atomic E-state index is -4.43. The first-order chi connectivity index (χ1) is 19.8. The molecule has 0 radical (unpaired) electrons. The number of nitrogen functional groups attached to an aromatic ring is 1. The Hall–Kier alpha value is -3.13. The van der Waals surface area contributed by atoms with E-state index >= 15 is 0 Å². The molecule has 0 amide bonds. The number of rotatable bonds is 12. The lowest BCUT2D eigenvalue weighted by atomic mass is 9.93. The molecule has 0 aliphatic carbocycles. The maximum atomic E-state index is 14.6. The van der Waals surface area contributed by atoms with Crippen molar-refractivity contribution in [1.29, 1.82) is 0 Å². The van der Waals surface area contributed by atoms with Gasteiger partial charge >= 0.3 is 13.7 Å². The Labute approximate surface area is 242 Å². The smallest absolute Gasteiger partial charge is 0.459 e. The van der Waals surface area contributed by atoms with E-state index in [2.05, 4.69) is 15.2 Å². The molecule has 1 aliphatic rings. The fourth-order valence-electron chi connectivity index (χ4n) is 4.34. The van der Waals surface area contributed by atoms with Gasteiger partial charge in [0.2, 0.25) is 0 Å². The zero-order chi connectivity index (χ0) is 30.7. The zero-order valence-corrected chi connectivity index (χ0v) is 24.7. The van der Waals surface area contributed by atoms with Crippen LogP contribution in [-0.2, 0) is 23.4 Å². The molecule has 15 heteroatoms. The van der Waals surface area contributed by atoms with Gasteiger partial charge in [0, 0.05) is 0 Å². The Balaban J connectivity index is 1.54. The molecule has 5 N–H and O–H groups in total. The van der Waals surface area contributed by atoms with Gasteiger partial charge < -0.3 is 29.9 Å². The molecule has 3 heterocycles. The lowest BCUT2D eigenvalue weighted by Gasteiger charge is -2.31. The number of benzene rings is 1. The van der Waals surface area contributed by atoms with E-state index in [1.807, 2.05) is 20.8 Å². The molecule has 13 nitrogen and oxygen atoms in total. The van der Waals surface area contributed by atoms with E-state index in [4.69, 9.17) is 24.3 Å². The molecule has 2 aromatic heterocycles. The third-order valence-corrected chi connectivity index (χ3v) is 8.44. The molecule has 1 saturated heterocycles. The van der Waals surface area contributed by atoms with Crippen molar-refractivity contribution in [2.75, 3.05) is 25.6 Å². The summed E-state index contributed by atoms with van der Waals surface area (Å²) in [6.07, 6.45) is -2.86. The van der Waals surface area contributed by atoms with Crippen molar-refractivity contribution < 1.29 is 42.5 Å². The molecule has 42 heavy (non-hydrogen) atoms. The van der Waals surface area contributed by atoms with Gasteiger partial charge in [0.25, 0.3) is 0 Å². The number of anilines is 1. The monoisotopic (exact) mass is 609 g/mol. The summed E-state index contributed by atoms with van der Waals surface area (Å²) in [6.45, 7) is 5.43. The normalized spacial score (nSPS) is 24.8. The highest BCUT2D eigenvalue weighted by Gasteiger charge is 2.57. The molecule has 0 saturated carbocycles. The summed E-state index contributed by atoms with van der Waals surface area (Å²) in [7, 11) is -4.43. The second-order valence-electron chi connectivity index (χ2n) is 11.4. The molecule has 1 fully saturated rings. The quantitative estimate of drug-likeness (QED) is 0.174. The number of nitrogens with two attached hydrogens (primary N) is 1. The van der Waals surface area contributed by atoms with Gasteiger partial charge in [-0.15, -0.1) is 0 Å². The van der Waals surface area contributed by atoms with Crippen molar-refractivity contribution in [2.45, 2.75) is 64.1 Å². The lowest BCUT2D eigenvalue weighted by molar-refractivity contribution is -0.146. The third-order valence-electron chi connectivity index (χ3n) is 6.81. The van der Waals surface area contributed by atoms with E-state index in [1.165, 1.54) is 29.9 Å². The van der Waals surface area contributed by atoms with Gasteiger partial charge in [0.05, 0.1) is 18.9 Å². The number of aliphatic hydroxyl groups is 2. The van der Waals surface area contributed by atoms with Crippen LogP contribution >= 0.6 is 7.75 Å². The molecule has 1 unspecified atom stereocenters. The fourth-order valence-corrected chi connectivity index (χ4v) is 5.89. The molecular weight excluding hydrogens is 572 g/mol. The van der Waals surface area contributed by atoms with Crippen molar-refractivity contribution in [3.63, 3.8) is 0 Å². The van der Waals surface area contributed by atoms with Gasteiger partial charge in [0.15, 0.2) is 5.82 Å². The van der Waals surface area contributed by atoms with Crippen LogP contribution in [0.25, 0.3) is 5.52 Å². The molecule has 0 bridgehead atoms. The molecule has 6 atom stereocenters. The molecule has 0 spiro atoms. The number of aliphatic hydroxyl groups excluding tert-OH is 2. The van der Waals surface area contributed by atoms with Crippen molar-refractivity contribution in [3.8, 4) is 5.75 Å². The highest BCUT2D eigenvalue weighted by atomic mass is 31.2. The topological polar surface area (TPSA) is 180 Å². The molecule has 1 aromatic carbocycles. The average Bonchev–Trinajstić information content (AvgIpc) is 3.47. The van der Waals surface area contributed by atoms with Crippen molar-refractivity contribution in [1.82, 2.24) is 19.7 Å². The molecule has 3 aromatic rings. The van der Waals surface area contributed by atoms with E-state index in [0.717, 1.165) is 0 Å². The highest BCUT2D eigenvalue weighted by molar-refractivity contribution is 7.52. The standard InChI is InChI=1S/C27H37FN5O8P/c1-17(25(36)38-13-12-26(2,3)4)32-42(37,41-18-8-6-5-7-9-18)39-15-27(14-28)23(35)21(34)22(40-27)19-10-11-20-24(29)30-16-31-33(19)20/h5-11,16-17,21-23,34-35H,12-15H2,1-4H3,(H,32,37)(H2,29,30,31)/t17-,21-,22-,23-,27+,42?/m0/s1. The summed E-state index contributed by atoms with van der Waals surface area (Å²) in [5, 5.41) is 28.5. The van der Waals surface area contributed by atoms with Crippen LogP contribution in [0.5, 0.6) is 5.75 Å². The Kier molecular flexibility index (Phi) is 9.55. The van der Waals surface area contributed by atoms with Crippen LogP contribution in [0.1, 0.15) is 45.9 Å². The number of aromatic nitrogens is 3. The van der Waals surface area contributed by atoms with Crippen LogP contribution in [0.3, 0.4) is 0 Å². The number of carbonyl (C=O) groups excluding carboxylic acids is 1. The number of halogens is 1. The van der Waals surface area contributed by atoms with Crippen molar-refractivity contribution in [3.05, 3.63) is 54.5 Å².